The number of carboxylic acids is 2. The summed E-state index contributed by atoms with van der Waals surface area (Å²) in [4.78, 5) is 20.9. The molecule has 0 atom stereocenters. The Labute approximate surface area is 210 Å². The Morgan fingerprint density at radius 3 is 0.968 bits per heavy atom. The van der Waals surface area contributed by atoms with Crippen molar-refractivity contribution >= 4 is 54.9 Å². The Kier molecular flexibility index (Phi) is 35.4. The van der Waals surface area contributed by atoms with Gasteiger partial charge in [0, 0.05) is 23.4 Å². The predicted molar refractivity (Wildman–Crippen MR) is 144 cm³/mol. The van der Waals surface area contributed by atoms with Gasteiger partial charge in [-0.1, -0.05) is 53.4 Å². The van der Waals surface area contributed by atoms with E-state index in [4.69, 9.17) is 0 Å². The number of carbonyl (C=O) groups excluding carboxylic acids is 2. The molecule has 0 bridgehead atoms. The van der Waals surface area contributed by atoms with Gasteiger partial charge in [0.1, 0.15) is 0 Å². The van der Waals surface area contributed by atoms with Crippen molar-refractivity contribution in [3.8, 4) is 0 Å². The van der Waals surface area contributed by atoms with Crippen LogP contribution in [0, 0.1) is 0 Å². The van der Waals surface area contributed by atoms with Gasteiger partial charge in [0.25, 0.3) is 0 Å². The number of rotatable bonds is 18. The van der Waals surface area contributed by atoms with Crippen LogP contribution in [-0.2, 0) is 9.59 Å². The first-order valence-corrected chi connectivity index (χ1v) is 20.2. The Morgan fingerprint density at radius 1 is 0.581 bits per heavy atom. The summed E-state index contributed by atoms with van der Waals surface area (Å²) in [5, 5.41) is 20.9. The number of thiol groups is 2. The molecule has 31 heavy (non-hydrogen) atoms. The second-order valence-corrected chi connectivity index (χ2v) is 18.2. The monoisotopic (exact) mass is 588 g/mol. The van der Waals surface area contributed by atoms with Gasteiger partial charge in [-0.3, -0.25) is 0 Å². The fourth-order valence-corrected chi connectivity index (χ4v) is 8.97. The molecule has 0 aliphatic heterocycles. The molecule has 7 heteroatoms. The van der Waals surface area contributed by atoms with E-state index < -0.39 is 11.9 Å². The van der Waals surface area contributed by atoms with Gasteiger partial charge >= 0.3 is 43.9 Å². The third kappa shape index (κ3) is 35.2. The molecule has 0 aliphatic carbocycles. The summed E-state index contributed by atoms with van der Waals surface area (Å²) in [6, 6.07) is 0. The second-order valence-electron chi connectivity index (χ2n) is 7.67. The quantitative estimate of drug-likeness (QED) is 0.186. The SMILES string of the molecule is CCCC[SH](CCCC)CC(=O)[O-].CCCC[SH](CCCC)CC(=O)[O-].C[CH2][Sn+2][CH2]C. The van der Waals surface area contributed by atoms with Crippen molar-refractivity contribution in [2.75, 3.05) is 34.5 Å². The van der Waals surface area contributed by atoms with E-state index >= 15 is 0 Å². The molecule has 0 N–H and O–H groups in total. The van der Waals surface area contributed by atoms with Gasteiger partial charge in [-0.05, 0) is 48.7 Å². The van der Waals surface area contributed by atoms with Gasteiger partial charge in [-0.15, -0.1) is 0 Å². The zero-order chi connectivity index (χ0) is 24.3. The first-order chi connectivity index (χ1) is 14.8. The second kappa shape index (κ2) is 30.4. The molecule has 0 fully saturated rings. The third-order valence-electron chi connectivity index (χ3n) is 4.52. The molecule has 188 valence electrons. The number of carboxylic acid groups (broad SMARTS) is 2. The molecule has 0 rings (SSSR count). The van der Waals surface area contributed by atoms with Crippen molar-refractivity contribution in [2.45, 2.75) is 102 Å². The molecule has 0 aromatic rings. The van der Waals surface area contributed by atoms with E-state index in [2.05, 4.69) is 41.5 Å². The van der Waals surface area contributed by atoms with Gasteiger partial charge in [0.2, 0.25) is 0 Å². The summed E-state index contributed by atoms with van der Waals surface area (Å²) < 4.78 is 3.03. The Morgan fingerprint density at radius 2 is 0.839 bits per heavy atom. The summed E-state index contributed by atoms with van der Waals surface area (Å²) in [6.07, 6.45) is 9.34. The standard InChI is InChI=1S/2C10H22O2S.2C2H5.Sn/c2*1-3-5-7-13(8-6-4-2)9-10(11)12;2*1-2;/h2*13H,3-9H2,1-2H3,(H,11,12);2*1H2,2H3;/q;;;;+2/p-2. The van der Waals surface area contributed by atoms with Crippen LogP contribution >= 0.6 is 21.8 Å². The molecule has 0 aromatic carbocycles. The van der Waals surface area contributed by atoms with Crippen LogP contribution in [0.5, 0.6) is 0 Å². The fraction of sp³-hybridized carbons (Fsp3) is 0.917. The topological polar surface area (TPSA) is 80.3 Å². The number of aliphatic carboxylic acids is 2. The molecule has 0 amide bonds. The van der Waals surface area contributed by atoms with Gasteiger partial charge < -0.3 is 19.8 Å². The van der Waals surface area contributed by atoms with Crippen LogP contribution in [0.15, 0.2) is 0 Å². The summed E-state index contributed by atoms with van der Waals surface area (Å²) >= 11 is 0.218. The van der Waals surface area contributed by atoms with Crippen LogP contribution in [0.25, 0.3) is 0 Å². The zero-order valence-electron chi connectivity index (χ0n) is 21.3. The summed E-state index contributed by atoms with van der Waals surface area (Å²) in [5.74, 6) is 3.35. The molecule has 0 unspecified atom stereocenters. The van der Waals surface area contributed by atoms with E-state index in [1.54, 1.807) is 0 Å². The molecule has 4 nitrogen and oxygen atoms in total. The summed E-state index contributed by atoms with van der Waals surface area (Å²) in [6.45, 7) is 13.2. The summed E-state index contributed by atoms with van der Waals surface area (Å²) in [7, 11) is -0.548. The van der Waals surface area contributed by atoms with Crippen LogP contribution < -0.4 is 10.2 Å². The zero-order valence-corrected chi connectivity index (χ0v) is 26.0. The molecular weight excluding hydrogens is 535 g/mol. The Hall–Kier alpha value is 0.439. The Balaban J connectivity index is -0.000000416. The molecule has 0 saturated heterocycles. The average Bonchev–Trinajstić information content (AvgIpc) is 2.73. The van der Waals surface area contributed by atoms with E-state index in [9.17, 15) is 19.8 Å². The van der Waals surface area contributed by atoms with Crippen LogP contribution in [0.1, 0.15) is 92.9 Å². The minimum atomic E-state index is -0.863. The number of hydrogen-bond acceptors (Lipinski definition) is 4. The molecule has 0 aliphatic rings. The van der Waals surface area contributed by atoms with E-state index in [0.29, 0.717) is 11.5 Å². The van der Waals surface area contributed by atoms with Crippen molar-refractivity contribution in [1.82, 2.24) is 0 Å². The van der Waals surface area contributed by atoms with Crippen molar-refractivity contribution in [2.24, 2.45) is 0 Å². The van der Waals surface area contributed by atoms with E-state index in [1.165, 1.54) is 34.6 Å². The van der Waals surface area contributed by atoms with E-state index in [-0.39, 0.29) is 42.9 Å². The number of hydrogen-bond donors (Lipinski definition) is 2. The molecule has 0 saturated carbocycles. The molecule has 0 aromatic heterocycles. The molecule has 0 spiro atoms. The van der Waals surface area contributed by atoms with Crippen LogP contribution in [-0.4, -0.2) is 67.6 Å². The fourth-order valence-electron chi connectivity index (χ4n) is 2.68. The van der Waals surface area contributed by atoms with Gasteiger partial charge in [-0.25, -0.2) is 21.8 Å². The van der Waals surface area contributed by atoms with Crippen LogP contribution in [0.3, 0.4) is 0 Å². The first kappa shape index (κ1) is 36.0. The maximum absolute atomic E-state index is 10.4. The van der Waals surface area contributed by atoms with Crippen molar-refractivity contribution < 1.29 is 19.8 Å². The van der Waals surface area contributed by atoms with Crippen molar-refractivity contribution in [1.29, 1.82) is 0 Å². The first-order valence-electron chi connectivity index (χ1n) is 12.4. The van der Waals surface area contributed by atoms with Gasteiger partial charge in [-0.2, -0.15) is 0 Å². The van der Waals surface area contributed by atoms with Gasteiger partial charge in [0.15, 0.2) is 0 Å². The Bertz CT molecular complexity index is 335. The van der Waals surface area contributed by atoms with Crippen molar-refractivity contribution in [3.63, 3.8) is 0 Å². The van der Waals surface area contributed by atoms with E-state index in [0.717, 1.165) is 48.7 Å². The predicted octanol–water partition coefficient (Wildman–Crippen LogP) is 4.24. The molecule has 0 radical (unpaired) electrons. The molecule has 0 heterocycles. The minimum absolute atomic E-state index is 0.218. The normalized spacial score (nSPS) is 10.6. The molecular formula is C24H52O4S2Sn. The number of unbranched alkanes of at least 4 members (excludes halogenated alkanes) is 4. The average molecular weight is 588 g/mol. The number of carbonyl (C=O) groups is 2. The summed E-state index contributed by atoms with van der Waals surface area (Å²) in [5.41, 5.74) is 0. The maximum atomic E-state index is 10.4. The third-order valence-corrected chi connectivity index (χ3v) is 12.6. The van der Waals surface area contributed by atoms with Crippen LogP contribution in [0.4, 0.5) is 0 Å². The van der Waals surface area contributed by atoms with Crippen LogP contribution in [0.2, 0.25) is 8.87 Å². The van der Waals surface area contributed by atoms with Gasteiger partial charge in [0.05, 0.1) is 0 Å². The van der Waals surface area contributed by atoms with Crippen molar-refractivity contribution in [3.05, 3.63) is 0 Å². The van der Waals surface area contributed by atoms with E-state index in [1.807, 2.05) is 0 Å².